The molecule has 0 saturated heterocycles. The lowest BCUT2D eigenvalue weighted by Crippen LogP contribution is -2.15. The van der Waals surface area contributed by atoms with Crippen molar-refractivity contribution in [2.24, 2.45) is 0 Å². The Bertz CT molecular complexity index is 883. The van der Waals surface area contributed by atoms with Gasteiger partial charge in [-0.2, -0.15) is 13.2 Å². The highest BCUT2D eigenvalue weighted by atomic mass is 32.1. The van der Waals surface area contributed by atoms with Gasteiger partial charge in [-0.25, -0.2) is 4.98 Å². The van der Waals surface area contributed by atoms with Crippen LogP contribution in [0.15, 0.2) is 18.2 Å². The summed E-state index contributed by atoms with van der Waals surface area (Å²) in [5.74, 6) is 1.83. The third-order valence-electron chi connectivity index (χ3n) is 4.05. The molecule has 0 atom stereocenters. The zero-order valence-electron chi connectivity index (χ0n) is 12.6. The number of nitrogens with zero attached hydrogens (tertiary/aromatic N) is 4. The fraction of sp³-hybridized carbons (Fsp3) is 0.400. The maximum absolute atomic E-state index is 12.8. The number of fused-ring (bicyclic) bond motifs is 2. The van der Waals surface area contributed by atoms with E-state index in [0.29, 0.717) is 21.9 Å². The van der Waals surface area contributed by atoms with E-state index in [1.807, 2.05) is 0 Å². The highest BCUT2D eigenvalue weighted by Crippen LogP contribution is 2.34. The van der Waals surface area contributed by atoms with Crippen LogP contribution in [0.1, 0.15) is 30.1 Å². The summed E-state index contributed by atoms with van der Waals surface area (Å²) < 4.78 is 41.1. The minimum Gasteiger partial charge on any atom is -0.354 e. The van der Waals surface area contributed by atoms with E-state index >= 15 is 0 Å². The highest BCUT2D eigenvalue weighted by molar-refractivity contribution is 7.22. The van der Waals surface area contributed by atoms with Gasteiger partial charge in [0.2, 0.25) is 0 Å². The molecular formula is C15H14F3N5S. The molecular weight excluding hydrogens is 339 g/mol. The first-order valence-corrected chi connectivity index (χ1v) is 8.45. The van der Waals surface area contributed by atoms with Crippen LogP contribution >= 0.6 is 11.3 Å². The Morgan fingerprint density at radius 2 is 2.08 bits per heavy atom. The van der Waals surface area contributed by atoms with E-state index in [-0.39, 0.29) is 0 Å². The van der Waals surface area contributed by atoms with Gasteiger partial charge in [0.25, 0.3) is 0 Å². The van der Waals surface area contributed by atoms with Crippen molar-refractivity contribution in [3.05, 3.63) is 35.4 Å². The first-order valence-electron chi connectivity index (χ1n) is 7.63. The number of thiazole rings is 1. The molecule has 0 fully saturated rings. The van der Waals surface area contributed by atoms with Gasteiger partial charge in [-0.3, -0.25) is 0 Å². The van der Waals surface area contributed by atoms with E-state index in [1.54, 1.807) is 0 Å². The fourth-order valence-corrected chi connectivity index (χ4v) is 3.68. The molecule has 0 amide bonds. The smallest absolute Gasteiger partial charge is 0.354 e. The maximum atomic E-state index is 12.8. The molecule has 0 unspecified atom stereocenters. The van der Waals surface area contributed by atoms with Crippen LogP contribution in [-0.4, -0.2) is 19.7 Å². The van der Waals surface area contributed by atoms with E-state index in [1.165, 1.54) is 17.4 Å². The van der Waals surface area contributed by atoms with Gasteiger partial charge in [0.1, 0.15) is 5.82 Å². The fourth-order valence-electron chi connectivity index (χ4n) is 2.83. The lowest BCUT2D eigenvalue weighted by atomic mass is 10.2. The lowest BCUT2D eigenvalue weighted by Gasteiger charge is -2.14. The molecule has 2 aromatic heterocycles. The predicted molar refractivity (Wildman–Crippen MR) is 84.9 cm³/mol. The summed E-state index contributed by atoms with van der Waals surface area (Å²) >= 11 is 1.33. The monoisotopic (exact) mass is 353 g/mol. The van der Waals surface area contributed by atoms with Crippen LogP contribution in [0.2, 0.25) is 0 Å². The average molecular weight is 353 g/mol. The molecule has 0 bridgehead atoms. The van der Waals surface area contributed by atoms with Gasteiger partial charge in [-0.15, -0.1) is 10.2 Å². The first-order chi connectivity index (χ1) is 11.5. The quantitative estimate of drug-likeness (QED) is 0.777. The molecule has 9 heteroatoms. The van der Waals surface area contributed by atoms with Crippen LogP contribution in [-0.2, 0) is 25.7 Å². The SMILES string of the molecule is FC(F)(F)c1ccc2sc(NCc3nnc4n3CCCC4)nc2c1. The third kappa shape index (κ3) is 2.83. The average Bonchev–Trinajstić information content (AvgIpc) is 3.15. The van der Waals surface area contributed by atoms with E-state index in [4.69, 9.17) is 0 Å². The summed E-state index contributed by atoms with van der Waals surface area (Å²) in [7, 11) is 0. The lowest BCUT2D eigenvalue weighted by molar-refractivity contribution is -0.137. The molecule has 1 N–H and O–H groups in total. The van der Waals surface area contributed by atoms with Crippen LogP contribution in [0, 0.1) is 0 Å². The molecule has 0 spiro atoms. The Balaban J connectivity index is 1.54. The number of alkyl halides is 3. The minimum absolute atomic E-state index is 0.348. The van der Waals surface area contributed by atoms with Crippen molar-refractivity contribution in [1.82, 2.24) is 19.7 Å². The van der Waals surface area contributed by atoms with E-state index in [0.717, 1.165) is 49.6 Å². The Kier molecular flexibility index (Phi) is 3.67. The molecule has 24 heavy (non-hydrogen) atoms. The molecule has 0 saturated carbocycles. The largest absolute Gasteiger partial charge is 0.416 e. The van der Waals surface area contributed by atoms with Crippen LogP contribution in [0.25, 0.3) is 10.2 Å². The summed E-state index contributed by atoms with van der Waals surface area (Å²) in [6.07, 6.45) is -1.18. The van der Waals surface area contributed by atoms with Crippen LogP contribution in [0.3, 0.4) is 0 Å². The number of rotatable bonds is 3. The van der Waals surface area contributed by atoms with Gasteiger partial charge in [0.05, 0.1) is 22.3 Å². The van der Waals surface area contributed by atoms with Crippen molar-refractivity contribution in [2.45, 2.75) is 38.5 Å². The van der Waals surface area contributed by atoms with Crippen LogP contribution < -0.4 is 5.32 Å². The van der Waals surface area contributed by atoms with Crippen molar-refractivity contribution in [3.63, 3.8) is 0 Å². The van der Waals surface area contributed by atoms with E-state index < -0.39 is 11.7 Å². The Morgan fingerprint density at radius 3 is 2.92 bits per heavy atom. The summed E-state index contributed by atoms with van der Waals surface area (Å²) in [5.41, 5.74) is -0.334. The van der Waals surface area contributed by atoms with Gasteiger partial charge in [-0.1, -0.05) is 11.3 Å². The Hall–Kier alpha value is -2.16. The standard InChI is InChI=1S/C15H14F3N5S/c16-15(17,18)9-4-5-11-10(7-9)20-14(24-11)19-8-13-22-21-12-3-1-2-6-23(12)13/h4-5,7H,1-3,6,8H2,(H,19,20). The van der Waals surface area contributed by atoms with Crippen molar-refractivity contribution in [3.8, 4) is 0 Å². The van der Waals surface area contributed by atoms with Crippen LogP contribution in [0.5, 0.6) is 0 Å². The first kappa shape index (κ1) is 15.4. The van der Waals surface area contributed by atoms with E-state index in [2.05, 4.69) is 25.1 Å². The minimum atomic E-state index is -4.36. The topological polar surface area (TPSA) is 55.6 Å². The van der Waals surface area contributed by atoms with Gasteiger partial charge in [-0.05, 0) is 31.0 Å². The van der Waals surface area contributed by atoms with Gasteiger partial charge < -0.3 is 9.88 Å². The second kappa shape index (κ2) is 5.73. The molecule has 4 rings (SSSR count). The number of aromatic nitrogens is 4. The van der Waals surface area contributed by atoms with Crippen molar-refractivity contribution < 1.29 is 13.2 Å². The maximum Gasteiger partial charge on any atom is 0.416 e. The molecule has 3 aromatic rings. The second-order valence-corrected chi connectivity index (χ2v) is 6.72. The normalized spacial score (nSPS) is 14.8. The summed E-state index contributed by atoms with van der Waals surface area (Å²) in [6, 6.07) is 3.62. The molecule has 3 heterocycles. The summed E-state index contributed by atoms with van der Waals surface area (Å²) in [4.78, 5) is 4.25. The molecule has 0 radical (unpaired) electrons. The van der Waals surface area contributed by atoms with Crippen molar-refractivity contribution in [2.75, 3.05) is 5.32 Å². The number of halogens is 3. The highest BCUT2D eigenvalue weighted by Gasteiger charge is 2.30. The van der Waals surface area contributed by atoms with Crippen molar-refractivity contribution >= 4 is 26.7 Å². The van der Waals surface area contributed by atoms with Gasteiger partial charge >= 0.3 is 6.18 Å². The second-order valence-electron chi connectivity index (χ2n) is 5.69. The number of aryl methyl sites for hydroxylation is 1. The Morgan fingerprint density at radius 1 is 1.21 bits per heavy atom. The molecule has 1 aromatic carbocycles. The zero-order valence-corrected chi connectivity index (χ0v) is 13.4. The van der Waals surface area contributed by atoms with Gasteiger partial charge in [0, 0.05) is 13.0 Å². The Labute approximate surface area is 139 Å². The number of nitrogens with one attached hydrogen (secondary N) is 1. The number of benzene rings is 1. The number of hydrogen-bond acceptors (Lipinski definition) is 5. The zero-order chi connectivity index (χ0) is 16.7. The van der Waals surface area contributed by atoms with Gasteiger partial charge in [0.15, 0.2) is 11.0 Å². The predicted octanol–water partition coefficient (Wildman–Crippen LogP) is 3.86. The van der Waals surface area contributed by atoms with E-state index in [9.17, 15) is 13.2 Å². The molecule has 5 nitrogen and oxygen atoms in total. The summed E-state index contributed by atoms with van der Waals surface area (Å²) in [5, 5.41) is 12.1. The number of anilines is 1. The molecule has 1 aliphatic rings. The van der Waals surface area contributed by atoms with Crippen LogP contribution in [0.4, 0.5) is 18.3 Å². The molecule has 1 aliphatic heterocycles. The third-order valence-corrected chi connectivity index (χ3v) is 5.04. The number of hydrogen-bond donors (Lipinski definition) is 1. The molecule has 126 valence electrons. The summed E-state index contributed by atoms with van der Waals surface area (Å²) in [6.45, 7) is 1.37. The molecule has 0 aliphatic carbocycles. The van der Waals surface area contributed by atoms with Crippen molar-refractivity contribution in [1.29, 1.82) is 0 Å².